The van der Waals surface area contributed by atoms with Gasteiger partial charge in [-0.1, -0.05) is 0 Å². The van der Waals surface area contributed by atoms with E-state index in [9.17, 15) is 0 Å². The zero-order valence-corrected chi connectivity index (χ0v) is 8.05. The molecule has 0 saturated carbocycles. The molecule has 0 saturated heterocycles. The molecule has 2 N–H and O–H groups in total. The van der Waals surface area contributed by atoms with E-state index in [1.54, 1.807) is 0 Å². The number of hydrogen-bond donors (Lipinski definition) is 2. The van der Waals surface area contributed by atoms with Gasteiger partial charge in [-0.3, -0.25) is 0 Å². The quantitative estimate of drug-likeness (QED) is 0.564. The van der Waals surface area contributed by atoms with Gasteiger partial charge in [-0.2, -0.15) is 13.5 Å². The molecule has 0 aliphatic heterocycles. The number of hydrogen-bond acceptors (Lipinski definition) is 1. The maximum atomic E-state index is 8.56. The second kappa shape index (κ2) is 9.11. The van der Waals surface area contributed by atoms with Crippen LogP contribution in [0.4, 0.5) is 4.79 Å². The van der Waals surface area contributed by atoms with Crippen molar-refractivity contribution in [3.8, 4) is 0 Å². The maximum absolute atomic E-state index is 8.56. The van der Waals surface area contributed by atoms with Crippen molar-refractivity contribution in [2.75, 3.05) is 0 Å². The van der Waals surface area contributed by atoms with Gasteiger partial charge in [0.25, 0.3) is 0 Å². The molecule has 5 heteroatoms. The third-order valence-corrected chi connectivity index (χ3v) is 0. The van der Waals surface area contributed by atoms with Crippen LogP contribution in [0.25, 0.3) is 0 Å². The molecule has 0 unspecified atom stereocenters. The number of rotatable bonds is 0. The average molecular weight is 209 g/mol. The molecule has 0 aromatic rings. The monoisotopic (exact) mass is 210 g/mol. The molecule has 0 amide bonds. The molecule has 34 valence electrons. The summed E-state index contributed by atoms with van der Waals surface area (Å²) in [6, 6.07) is 0. The van der Waals surface area contributed by atoms with E-state index < -0.39 is 6.16 Å². The molecule has 0 fully saturated rings. The van der Waals surface area contributed by atoms with Gasteiger partial charge in [0.1, 0.15) is 0 Å². The molecular weight excluding hydrogens is 204 g/mol. The van der Waals surface area contributed by atoms with Crippen LogP contribution in [0.2, 0.25) is 0 Å². The minimum Gasteiger partial charge on any atom is -0.450 e. The Morgan fingerprint density at radius 2 is 1.33 bits per heavy atom. The zero-order chi connectivity index (χ0) is 3.58. The van der Waals surface area contributed by atoms with Crippen LogP contribution < -0.4 is 0 Å². The van der Waals surface area contributed by atoms with Crippen molar-refractivity contribution in [3.63, 3.8) is 0 Å². The maximum Gasteiger partial charge on any atom is 0.503 e. The molecular formula is CH4CdO3S. The average Bonchev–Trinajstić information content (AvgIpc) is 0.811. The molecule has 0 rings (SSSR count). The van der Waals surface area contributed by atoms with Crippen molar-refractivity contribution in [1.82, 2.24) is 0 Å². The molecule has 0 aliphatic carbocycles. The van der Waals surface area contributed by atoms with Crippen molar-refractivity contribution >= 4 is 19.7 Å². The van der Waals surface area contributed by atoms with Gasteiger partial charge in [-0.05, 0) is 0 Å². The molecule has 0 aromatic carbocycles. The van der Waals surface area contributed by atoms with Crippen LogP contribution in [0.5, 0.6) is 0 Å². The first-order chi connectivity index (χ1) is 1.73. The molecule has 3 nitrogen and oxygen atoms in total. The van der Waals surface area contributed by atoms with Gasteiger partial charge in [0, 0.05) is 27.3 Å². The number of carboxylic acid groups (broad SMARTS) is 2. The molecule has 6 heavy (non-hydrogen) atoms. The van der Waals surface area contributed by atoms with E-state index in [-0.39, 0.29) is 40.8 Å². The molecule has 0 heterocycles. The first-order valence-corrected chi connectivity index (χ1v) is 0.651. The van der Waals surface area contributed by atoms with E-state index in [1.807, 2.05) is 0 Å². The summed E-state index contributed by atoms with van der Waals surface area (Å²) in [6.45, 7) is 0. The van der Waals surface area contributed by atoms with Crippen molar-refractivity contribution < 1.29 is 42.3 Å². The molecule has 0 aromatic heterocycles. The Morgan fingerprint density at radius 3 is 1.33 bits per heavy atom. The Balaban J connectivity index is -0.0000000450. The third-order valence-electron chi connectivity index (χ3n) is 0. The smallest absolute Gasteiger partial charge is 0.450 e. The minimum atomic E-state index is -1.83. The Morgan fingerprint density at radius 1 is 1.33 bits per heavy atom. The van der Waals surface area contributed by atoms with Gasteiger partial charge in [-0.15, -0.1) is 0 Å². The molecule has 0 atom stereocenters. The fourth-order valence-electron chi connectivity index (χ4n) is 0. The van der Waals surface area contributed by atoms with E-state index in [2.05, 4.69) is 0 Å². The van der Waals surface area contributed by atoms with E-state index in [4.69, 9.17) is 15.0 Å². The van der Waals surface area contributed by atoms with Crippen LogP contribution >= 0.6 is 13.5 Å². The summed E-state index contributed by atoms with van der Waals surface area (Å²) in [6.07, 6.45) is -1.83. The van der Waals surface area contributed by atoms with Crippen LogP contribution in [0.15, 0.2) is 0 Å². The van der Waals surface area contributed by atoms with E-state index in [0.717, 1.165) is 0 Å². The van der Waals surface area contributed by atoms with Crippen molar-refractivity contribution in [3.05, 3.63) is 0 Å². The van der Waals surface area contributed by atoms with E-state index in [1.165, 1.54) is 0 Å². The molecule has 0 radical (unpaired) electrons. The Hall–Kier alpha value is 0.542. The Kier molecular flexibility index (Phi) is 24.3. The standard InChI is InChI=1S/CH2O3.Cd.H2S/c2-1(3)4;;/h(H2,2,3,4);;1H2. The summed E-state index contributed by atoms with van der Waals surface area (Å²) in [7, 11) is 0. The largest absolute Gasteiger partial charge is 0.503 e. The van der Waals surface area contributed by atoms with Crippen LogP contribution in [-0.4, -0.2) is 16.4 Å². The summed E-state index contributed by atoms with van der Waals surface area (Å²) in [5, 5.41) is 13.9. The summed E-state index contributed by atoms with van der Waals surface area (Å²) < 4.78 is 0. The summed E-state index contributed by atoms with van der Waals surface area (Å²) in [4.78, 5) is 8.56. The molecule has 0 bridgehead atoms. The third kappa shape index (κ3) is 194. The van der Waals surface area contributed by atoms with Crippen molar-refractivity contribution in [1.29, 1.82) is 0 Å². The zero-order valence-electron chi connectivity index (χ0n) is 3.01. The van der Waals surface area contributed by atoms with Gasteiger partial charge in [0.2, 0.25) is 0 Å². The van der Waals surface area contributed by atoms with Crippen LogP contribution in [0.1, 0.15) is 0 Å². The molecule has 0 spiro atoms. The Labute approximate surface area is 62.0 Å². The van der Waals surface area contributed by atoms with Gasteiger partial charge < -0.3 is 10.2 Å². The van der Waals surface area contributed by atoms with Gasteiger partial charge >= 0.3 is 6.16 Å². The van der Waals surface area contributed by atoms with Crippen molar-refractivity contribution in [2.24, 2.45) is 0 Å². The summed E-state index contributed by atoms with van der Waals surface area (Å²) in [5.74, 6) is 0. The van der Waals surface area contributed by atoms with Gasteiger partial charge in [0.15, 0.2) is 0 Å². The number of carbonyl (C=O) groups is 1. The normalized spacial score (nSPS) is 4.00. The van der Waals surface area contributed by atoms with Gasteiger partial charge in [0.05, 0.1) is 0 Å². The second-order valence-corrected chi connectivity index (χ2v) is 0.283. The SMILES string of the molecule is O=C(O)O.S.[Cd]. The Bertz CT molecular complexity index is 33.8. The van der Waals surface area contributed by atoms with Gasteiger partial charge in [-0.25, -0.2) is 4.79 Å². The fraction of sp³-hybridized carbons (Fsp3) is 0. The first-order valence-electron chi connectivity index (χ1n) is 0.651. The fourth-order valence-corrected chi connectivity index (χ4v) is 0. The first kappa shape index (κ1) is 16.0. The molecule has 0 aliphatic rings. The van der Waals surface area contributed by atoms with Crippen LogP contribution in [0.3, 0.4) is 0 Å². The predicted molar refractivity (Wildman–Crippen MR) is 21.0 cm³/mol. The topological polar surface area (TPSA) is 57.5 Å². The van der Waals surface area contributed by atoms with E-state index in [0.29, 0.717) is 0 Å². The second-order valence-electron chi connectivity index (χ2n) is 0.283. The minimum absolute atomic E-state index is 0. The van der Waals surface area contributed by atoms with Crippen LogP contribution in [-0.2, 0) is 27.3 Å². The van der Waals surface area contributed by atoms with Crippen LogP contribution in [0, 0.1) is 0 Å². The summed E-state index contributed by atoms with van der Waals surface area (Å²) in [5.41, 5.74) is 0. The van der Waals surface area contributed by atoms with E-state index >= 15 is 0 Å². The summed E-state index contributed by atoms with van der Waals surface area (Å²) >= 11 is 0. The predicted octanol–water partition coefficient (Wildman–Crippen LogP) is 0.333. The van der Waals surface area contributed by atoms with Crippen molar-refractivity contribution in [2.45, 2.75) is 0 Å².